The number of pyridine rings is 1. The van der Waals surface area contributed by atoms with Gasteiger partial charge in [0.15, 0.2) is 0 Å². The van der Waals surface area contributed by atoms with Crippen molar-refractivity contribution < 1.29 is 5.11 Å². The molecular formula is C18H24N2O. The Bertz CT molecular complexity index is 651. The number of piperidine rings is 1. The highest BCUT2D eigenvalue weighted by atomic mass is 16.3. The molecule has 3 heteroatoms. The third-order valence-electron chi connectivity index (χ3n) is 4.38. The van der Waals surface area contributed by atoms with Gasteiger partial charge in [0, 0.05) is 24.2 Å². The minimum atomic E-state index is -0.217. The maximum Gasteiger partial charge on any atom is 0.0726 e. The molecule has 1 aliphatic rings. The van der Waals surface area contributed by atoms with Gasteiger partial charge in [0.1, 0.15) is 0 Å². The molecule has 0 spiro atoms. The second kappa shape index (κ2) is 5.64. The van der Waals surface area contributed by atoms with Crippen molar-refractivity contribution in [1.29, 1.82) is 0 Å². The summed E-state index contributed by atoms with van der Waals surface area (Å²) in [6.07, 6.45) is 1.75. The molecule has 0 saturated carbocycles. The molecule has 0 radical (unpaired) electrons. The van der Waals surface area contributed by atoms with Crippen LogP contribution in [-0.4, -0.2) is 29.3 Å². The molecule has 1 N–H and O–H groups in total. The molecule has 2 heterocycles. The molecule has 21 heavy (non-hydrogen) atoms. The van der Waals surface area contributed by atoms with Gasteiger partial charge in [0.05, 0.1) is 17.3 Å². The van der Waals surface area contributed by atoms with Crippen LogP contribution in [0.5, 0.6) is 0 Å². The number of aryl methyl sites for hydroxylation is 1. The second-order valence-electron chi connectivity index (χ2n) is 6.37. The Morgan fingerprint density at radius 3 is 2.76 bits per heavy atom. The summed E-state index contributed by atoms with van der Waals surface area (Å²) in [7, 11) is 0. The number of β-amino-alcohol motifs (C(OH)–C–C–N with tert-alkyl or cyclic N) is 1. The zero-order valence-corrected chi connectivity index (χ0v) is 13.1. The van der Waals surface area contributed by atoms with Gasteiger partial charge < -0.3 is 10.0 Å². The number of aromatic nitrogens is 1. The Hall–Kier alpha value is -1.61. The van der Waals surface area contributed by atoms with Crippen LogP contribution in [-0.2, 0) is 0 Å². The molecule has 1 aromatic carbocycles. The van der Waals surface area contributed by atoms with E-state index in [4.69, 9.17) is 4.98 Å². The Morgan fingerprint density at radius 1 is 1.29 bits per heavy atom. The lowest BCUT2D eigenvalue weighted by Gasteiger charge is -2.35. The van der Waals surface area contributed by atoms with Crippen molar-refractivity contribution >= 4 is 16.6 Å². The van der Waals surface area contributed by atoms with E-state index in [0.717, 1.165) is 37.1 Å². The van der Waals surface area contributed by atoms with E-state index in [-0.39, 0.29) is 6.10 Å². The fourth-order valence-corrected chi connectivity index (χ4v) is 3.52. The van der Waals surface area contributed by atoms with Gasteiger partial charge >= 0.3 is 0 Å². The van der Waals surface area contributed by atoms with Crippen LogP contribution in [0.2, 0.25) is 0 Å². The average Bonchev–Trinajstić information content (AvgIpc) is 2.45. The summed E-state index contributed by atoms with van der Waals surface area (Å²) in [6.45, 7) is 8.30. The van der Waals surface area contributed by atoms with E-state index >= 15 is 0 Å². The number of fused-ring (bicyclic) bond motifs is 1. The van der Waals surface area contributed by atoms with Gasteiger partial charge in [0.2, 0.25) is 0 Å². The van der Waals surface area contributed by atoms with Gasteiger partial charge in [-0.05, 0) is 37.3 Å². The predicted octanol–water partition coefficient (Wildman–Crippen LogP) is 3.63. The van der Waals surface area contributed by atoms with E-state index in [1.807, 2.05) is 6.07 Å². The van der Waals surface area contributed by atoms with Crippen molar-refractivity contribution in [2.45, 2.75) is 45.6 Å². The van der Waals surface area contributed by atoms with E-state index in [1.165, 1.54) is 16.6 Å². The highest BCUT2D eigenvalue weighted by molar-refractivity contribution is 5.94. The highest BCUT2D eigenvalue weighted by Crippen LogP contribution is 2.37. The molecule has 1 fully saturated rings. The maximum atomic E-state index is 10.1. The first kappa shape index (κ1) is 14.3. The Balaban J connectivity index is 2.23. The van der Waals surface area contributed by atoms with Gasteiger partial charge in [-0.25, -0.2) is 0 Å². The summed E-state index contributed by atoms with van der Waals surface area (Å²) >= 11 is 0. The molecule has 0 unspecified atom stereocenters. The Morgan fingerprint density at radius 2 is 2.05 bits per heavy atom. The van der Waals surface area contributed by atoms with E-state index in [9.17, 15) is 5.11 Å². The van der Waals surface area contributed by atoms with Crippen LogP contribution < -0.4 is 4.90 Å². The van der Waals surface area contributed by atoms with Crippen LogP contribution >= 0.6 is 0 Å². The number of nitrogens with zero attached hydrogens (tertiary/aromatic N) is 2. The number of aliphatic hydroxyl groups is 1. The van der Waals surface area contributed by atoms with Gasteiger partial charge in [-0.3, -0.25) is 4.98 Å². The number of aliphatic hydroxyl groups excluding tert-OH is 1. The normalized spacial score (nSPS) is 19.5. The molecule has 112 valence electrons. The highest BCUT2D eigenvalue weighted by Gasteiger charge is 2.24. The molecule has 3 nitrogen and oxygen atoms in total. The van der Waals surface area contributed by atoms with Crippen molar-refractivity contribution in [2.75, 3.05) is 18.0 Å². The maximum absolute atomic E-state index is 10.1. The molecular weight excluding hydrogens is 260 g/mol. The third kappa shape index (κ3) is 2.62. The van der Waals surface area contributed by atoms with E-state index < -0.39 is 0 Å². The summed E-state index contributed by atoms with van der Waals surface area (Å²) in [4.78, 5) is 7.14. The number of rotatable bonds is 2. The second-order valence-corrected chi connectivity index (χ2v) is 6.37. The van der Waals surface area contributed by atoms with Crippen LogP contribution in [0.25, 0.3) is 10.9 Å². The quantitative estimate of drug-likeness (QED) is 0.915. The summed E-state index contributed by atoms with van der Waals surface area (Å²) in [5.74, 6) is 0.427. The zero-order chi connectivity index (χ0) is 15.0. The molecule has 1 aliphatic heterocycles. The zero-order valence-electron chi connectivity index (χ0n) is 13.1. The van der Waals surface area contributed by atoms with Crippen LogP contribution in [0.3, 0.4) is 0 Å². The lowest BCUT2D eigenvalue weighted by Crippen LogP contribution is -2.39. The van der Waals surface area contributed by atoms with Crippen molar-refractivity contribution in [3.8, 4) is 0 Å². The first-order valence-electron chi connectivity index (χ1n) is 7.90. The molecule has 1 saturated heterocycles. The largest absolute Gasteiger partial charge is 0.391 e. The topological polar surface area (TPSA) is 36.4 Å². The average molecular weight is 284 g/mol. The first-order valence-corrected chi connectivity index (χ1v) is 7.90. The molecule has 2 aromatic rings. The summed E-state index contributed by atoms with van der Waals surface area (Å²) < 4.78 is 0. The fraction of sp³-hybridized carbons (Fsp3) is 0.500. The van der Waals surface area contributed by atoms with E-state index in [0.29, 0.717) is 5.92 Å². The van der Waals surface area contributed by atoms with Crippen LogP contribution in [0.4, 0.5) is 5.69 Å². The van der Waals surface area contributed by atoms with E-state index in [1.54, 1.807) is 0 Å². The van der Waals surface area contributed by atoms with Crippen LogP contribution in [0.1, 0.15) is 43.9 Å². The molecule has 1 atom stereocenters. The Labute approximate surface area is 126 Å². The Kier molecular flexibility index (Phi) is 3.85. The molecule has 0 amide bonds. The first-order chi connectivity index (χ1) is 10.1. The van der Waals surface area contributed by atoms with Crippen LogP contribution in [0.15, 0.2) is 24.3 Å². The number of hydrogen-bond acceptors (Lipinski definition) is 3. The SMILES string of the molecule is Cc1nc2ccccc2c(N2CCC[C@@H](O)C2)c1C(C)C. The number of hydrogen-bond donors (Lipinski definition) is 1. The summed E-state index contributed by atoms with van der Waals surface area (Å²) in [5, 5.41) is 11.3. The summed E-state index contributed by atoms with van der Waals surface area (Å²) in [6, 6.07) is 8.35. The molecule has 1 aromatic heterocycles. The third-order valence-corrected chi connectivity index (χ3v) is 4.38. The van der Waals surface area contributed by atoms with Crippen LogP contribution in [0, 0.1) is 6.92 Å². The standard InChI is InChI=1S/C18H24N2O/c1-12(2)17-13(3)19-16-9-5-4-8-15(16)18(17)20-10-6-7-14(21)11-20/h4-5,8-9,12,14,21H,6-7,10-11H2,1-3H3/t14-/m1/s1. The van der Waals surface area contributed by atoms with Gasteiger partial charge in [-0.1, -0.05) is 32.0 Å². The summed E-state index contributed by atoms with van der Waals surface area (Å²) in [5.41, 5.74) is 4.77. The van der Waals surface area contributed by atoms with Gasteiger partial charge in [0.25, 0.3) is 0 Å². The molecule has 0 bridgehead atoms. The lowest BCUT2D eigenvalue weighted by atomic mass is 9.94. The van der Waals surface area contributed by atoms with Gasteiger partial charge in [-0.15, -0.1) is 0 Å². The number of anilines is 1. The van der Waals surface area contributed by atoms with Gasteiger partial charge in [-0.2, -0.15) is 0 Å². The monoisotopic (exact) mass is 284 g/mol. The number of benzene rings is 1. The molecule has 0 aliphatic carbocycles. The van der Waals surface area contributed by atoms with E-state index in [2.05, 4.69) is 43.9 Å². The number of para-hydroxylation sites is 1. The lowest BCUT2D eigenvalue weighted by molar-refractivity contribution is 0.154. The fourth-order valence-electron chi connectivity index (χ4n) is 3.52. The van der Waals surface area contributed by atoms with Crippen molar-refractivity contribution in [1.82, 2.24) is 4.98 Å². The van der Waals surface area contributed by atoms with Crippen molar-refractivity contribution in [3.63, 3.8) is 0 Å². The predicted molar refractivity (Wildman–Crippen MR) is 88.0 cm³/mol. The smallest absolute Gasteiger partial charge is 0.0726 e. The van der Waals surface area contributed by atoms with Crippen molar-refractivity contribution in [3.05, 3.63) is 35.5 Å². The van der Waals surface area contributed by atoms with Crippen molar-refractivity contribution in [2.24, 2.45) is 0 Å². The minimum Gasteiger partial charge on any atom is -0.391 e. The minimum absolute atomic E-state index is 0.217. The molecule has 3 rings (SSSR count).